The quantitative estimate of drug-likeness (QED) is 0.0719. The molecular weight excluding hydrogens is 535 g/mol. The fourth-order valence-electron chi connectivity index (χ4n) is 3.78. The van der Waals surface area contributed by atoms with Crippen LogP contribution in [0.4, 0.5) is 4.39 Å². The highest BCUT2D eigenvalue weighted by atomic mass is 19.1. The van der Waals surface area contributed by atoms with Crippen molar-refractivity contribution in [2.45, 2.75) is 56.8 Å². The van der Waals surface area contributed by atoms with E-state index in [1.54, 1.807) is 12.1 Å². The van der Waals surface area contributed by atoms with Gasteiger partial charge in [0.1, 0.15) is 29.7 Å². The number of primary amides is 1. The normalized spacial score (nSPS) is 13.6. The van der Waals surface area contributed by atoms with Gasteiger partial charge in [-0.15, -0.1) is 0 Å². The topological polar surface area (TPSA) is 241 Å². The zero-order chi connectivity index (χ0) is 30.5. The predicted octanol–water partition coefficient (Wildman–Crippen LogP) is -1.34. The van der Waals surface area contributed by atoms with E-state index in [1.807, 2.05) is 0 Å². The van der Waals surface area contributed by atoms with Crippen LogP contribution in [-0.4, -0.2) is 65.4 Å². The number of phenolic OH excluding ortho intramolecular Hbond substituents is 1. The molecule has 0 heterocycles. The molecule has 2 aromatic rings. The summed E-state index contributed by atoms with van der Waals surface area (Å²) < 4.78 is 13.4. The van der Waals surface area contributed by atoms with E-state index in [9.17, 15) is 28.7 Å². The van der Waals surface area contributed by atoms with Crippen molar-refractivity contribution in [3.63, 3.8) is 0 Å². The van der Waals surface area contributed by atoms with Gasteiger partial charge in [-0.05, 0) is 55.2 Å². The maximum absolute atomic E-state index is 13.4. The Bertz CT molecular complexity index is 1220. The van der Waals surface area contributed by atoms with Crippen molar-refractivity contribution in [2.75, 3.05) is 6.54 Å². The minimum absolute atomic E-state index is 0.0162. The molecule has 12 N–H and O–H groups in total. The number of phenols is 1. The van der Waals surface area contributed by atoms with Crippen LogP contribution >= 0.6 is 0 Å². The number of benzene rings is 2. The van der Waals surface area contributed by atoms with Gasteiger partial charge in [0.25, 0.3) is 0 Å². The molecule has 0 saturated heterocycles. The van der Waals surface area contributed by atoms with Crippen molar-refractivity contribution in [3.05, 3.63) is 65.5 Å². The van der Waals surface area contributed by atoms with Gasteiger partial charge in [-0.25, -0.2) is 4.39 Å². The molecule has 4 atom stereocenters. The van der Waals surface area contributed by atoms with E-state index in [4.69, 9.17) is 22.9 Å². The maximum Gasteiger partial charge on any atom is 0.243 e. The molecule has 0 aliphatic heterocycles. The molecule has 13 nitrogen and oxygen atoms in total. The van der Waals surface area contributed by atoms with Gasteiger partial charge in [0.2, 0.25) is 23.6 Å². The van der Waals surface area contributed by atoms with Crippen molar-refractivity contribution in [3.8, 4) is 5.75 Å². The fourth-order valence-corrected chi connectivity index (χ4v) is 3.78. The molecule has 2 rings (SSSR count). The third-order valence-corrected chi connectivity index (χ3v) is 6.01. The maximum atomic E-state index is 13.4. The van der Waals surface area contributed by atoms with Crippen molar-refractivity contribution in [2.24, 2.45) is 27.9 Å². The zero-order valence-electron chi connectivity index (χ0n) is 22.7. The third-order valence-electron chi connectivity index (χ3n) is 6.01. The first-order valence-corrected chi connectivity index (χ1v) is 12.9. The van der Waals surface area contributed by atoms with Gasteiger partial charge < -0.3 is 44.0 Å². The first-order valence-electron chi connectivity index (χ1n) is 12.9. The van der Waals surface area contributed by atoms with E-state index >= 15 is 0 Å². The van der Waals surface area contributed by atoms with E-state index in [0.29, 0.717) is 11.1 Å². The standard InChI is InChI=1S/C27H37FN8O5/c1-15(29)24(39)36-22(14-16-4-8-18(28)9-5-16)26(41)34-20(3-2-12-33-27(31)32)25(40)35-21(23(30)38)13-17-6-10-19(37)11-7-17/h4-11,15,20-22,37H,2-3,12-14,29H2,1H3,(H2,30,38)(H,34,41)(H,35,40)(H,36,39)(H4,31,32,33)/t15-,20-,21-,22-/m0/s1. The Morgan fingerprint density at radius 3 is 1.83 bits per heavy atom. The van der Waals surface area contributed by atoms with Crippen LogP contribution in [-0.2, 0) is 32.0 Å². The summed E-state index contributed by atoms with van der Waals surface area (Å²) in [6.45, 7) is 1.61. The van der Waals surface area contributed by atoms with Gasteiger partial charge in [-0.2, -0.15) is 0 Å². The molecule has 14 heteroatoms. The van der Waals surface area contributed by atoms with Gasteiger partial charge in [0, 0.05) is 19.4 Å². The van der Waals surface area contributed by atoms with Gasteiger partial charge in [-0.1, -0.05) is 24.3 Å². The average molecular weight is 573 g/mol. The van der Waals surface area contributed by atoms with Gasteiger partial charge in [-0.3, -0.25) is 24.2 Å². The molecule has 0 bridgehead atoms. The van der Waals surface area contributed by atoms with Crippen LogP contribution in [0.2, 0.25) is 0 Å². The van der Waals surface area contributed by atoms with Crippen molar-refractivity contribution < 1.29 is 28.7 Å². The molecule has 0 radical (unpaired) electrons. The number of nitrogens with one attached hydrogen (secondary N) is 3. The van der Waals surface area contributed by atoms with E-state index in [-0.39, 0.29) is 43.9 Å². The predicted molar refractivity (Wildman–Crippen MR) is 150 cm³/mol. The third kappa shape index (κ3) is 11.5. The first kappa shape index (κ1) is 32.5. The van der Waals surface area contributed by atoms with E-state index < -0.39 is 53.6 Å². The van der Waals surface area contributed by atoms with Crippen LogP contribution in [0, 0.1) is 5.82 Å². The largest absolute Gasteiger partial charge is 0.508 e. The molecule has 0 aromatic heterocycles. The molecule has 0 spiro atoms. The molecule has 4 amide bonds. The highest BCUT2D eigenvalue weighted by molar-refractivity contribution is 5.94. The van der Waals surface area contributed by atoms with E-state index in [2.05, 4.69) is 20.9 Å². The number of halogens is 1. The molecule has 222 valence electrons. The molecule has 0 aliphatic carbocycles. The second-order valence-electron chi connectivity index (χ2n) is 9.52. The highest BCUT2D eigenvalue weighted by Crippen LogP contribution is 2.12. The van der Waals surface area contributed by atoms with Crippen LogP contribution in [0.5, 0.6) is 5.75 Å². The van der Waals surface area contributed by atoms with E-state index in [0.717, 1.165) is 0 Å². The summed E-state index contributed by atoms with van der Waals surface area (Å²) in [5.41, 5.74) is 23.1. The number of carbonyl (C=O) groups is 4. The lowest BCUT2D eigenvalue weighted by Crippen LogP contribution is -2.58. The minimum atomic E-state index is -1.17. The Hall–Kier alpha value is -4.72. The molecule has 0 unspecified atom stereocenters. The average Bonchev–Trinajstić information content (AvgIpc) is 2.91. The summed E-state index contributed by atoms with van der Waals surface area (Å²) in [6, 6.07) is 7.01. The van der Waals surface area contributed by atoms with E-state index in [1.165, 1.54) is 43.3 Å². The number of amides is 4. The van der Waals surface area contributed by atoms with Crippen molar-refractivity contribution >= 4 is 29.6 Å². The molecule has 0 fully saturated rings. The summed E-state index contributed by atoms with van der Waals surface area (Å²) >= 11 is 0. The van der Waals surface area contributed by atoms with Crippen molar-refractivity contribution in [1.29, 1.82) is 0 Å². The number of nitrogens with zero attached hydrogens (tertiary/aromatic N) is 1. The molecule has 2 aromatic carbocycles. The second kappa shape index (κ2) is 15.8. The lowest BCUT2D eigenvalue weighted by Gasteiger charge is -2.25. The zero-order valence-corrected chi connectivity index (χ0v) is 22.7. The highest BCUT2D eigenvalue weighted by Gasteiger charge is 2.29. The minimum Gasteiger partial charge on any atom is -0.508 e. The number of hydrogen-bond acceptors (Lipinski definition) is 7. The summed E-state index contributed by atoms with van der Waals surface area (Å²) in [6.07, 6.45) is 0.374. The van der Waals surface area contributed by atoms with Crippen LogP contribution in [0.1, 0.15) is 30.9 Å². The smallest absolute Gasteiger partial charge is 0.243 e. The SMILES string of the molecule is C[C@H](N)C(=O)N[C@@H](Cc1ccc(F)cc1)C(=O)N[C@@H](CCCN=C(N)N)C(=O)N[C@@H](Cc1ccc(O)cc1)C(N)=O. The van der Waals surface area contributed by atoms with Crippen LogP contribution in [0.25, 0.3) is 0 Å². The van der Waals surface area contributed by atoms with Gasteiger partial charge in [0.15, 0.2) is 5.96 Å². The van der Waals surface area contributed by atoms with Crippen LogP contribution in [0.3, 0.4) is 0 Å². The summed E-state index contributed by atoms with van der Waals surface area (Å²) in [7, 11) is 0. The number of hydrogen-bond donors (Lipinski definition) is 8. The molecular formula is C27H37FN8O5. The monoisotopic (exact) mass is 572 g/mol. The number of aromatic hydroxyl groups is 1. The number of nitrogens with two attached hydrogens (primary N) is 4. The molecule has 0 saturated carbocycles. The lowest BCUT2D eigenvalue weighted by molar-refractivity contribution is -0.133. The molecule has 41 heavy (non-hydrogen) atoms. The van der Waals surface area contributed by atoms with Crippen LogP contribution < -0.4 is 38.9 Å². The first-order chi connectivity index (χ1) is 19.3. The van der Waals surface area contributed by atoms with Crippen LogP contribution in [0.15, 0.2) is 53.5 Å². The Balaban J connectivity index is 2.25. The summed E-state index contributed by atoms with van der Waals surface area (Å²) in [5.74, 6) is -3.41. The summed E-state index contributed by atoms with van der Waals surface area (Å²) in [4.78, 5) is 55.0. The number of aliphatic imine (C=N–C) groups is 1. The van der Waals surface area contributed by atoms with Gasteiger partial charge in [0.05, 0.1) is 6.04 Å². The Kier molecular flexibility index (Phi) is 12.5. The Morgan fingerprint density at radius 1 is 0.805 bits per heavy atom. The second-order valence-corrected chi connectivity index (χ2v) is 9.52. The van der Waals surface area contributed by atoms with Gasteiger partial charge >= 0.3 is 0 Å². The fraction of sp³-hybridized carbons (Fsp3) is 0.370. The van der Waals surface area contributed by atoms with Crippen molar-refractivity contribution in [1.82, 2.24) is 16.0 Å². The molecule has 0 aliphatic rings. The lowest BCUT2D eigenvalue weighted by atomic mass is 10.0. The number of guanidine groups is 1. The number of rotatable bonds is 15. The Labute approximate surface area is 236 Å². The Morgan fingerprint density at radius 2 is 1.29 bits per heavy atom. The number of carbonyl (C=O) groups excluding carboxylic acids is 4. The summed E-state index contributed by atoms with van der Waals surface area (Å²) in [5, 5.41) is 17.2.